The zero-order valence-corrected chi connectivity index (χ0v) is 14.3. The number of hydrogen-bond acceptors (Lipinski definition) is 4. The van der Waals surface area contributed by atoms with Gasteiger partial charge in [0.05, 0.1) is 12.9 Å². The predicted molar refractivity (Wildman–Crippen MR) is 97.4 cm³/mol. The van der Waals surface area contributed by atoms with Crippen LogP contribution in [0.2, 0.25) is 0 Å². The van der Waals surface area contributed by atoms with Crippen molar-refractivity contribution >= 4 is 11.6 Å². The summed E-state index contributed by atoms with van der Waals surface area (Å²) in [5, 5.41) is 9.88. The molecular weight excluding hydrogens is 304 g/mol. The second-order valence-electron chi connectivity index (χ2n) is 5.30. The van der Waals surface area contributed by atoms with Crippen LogP contribution in [0.1, 0.15) is 11.3 Å². The van der Waals surface area contributed by atoms with Crippen LogP contribution in [-0.4, -0.2) is 39.8 Å². The van der Waals surface area contributed by atoms with Crippen molar-refractivity contribution in [1.29, 1.82) is 0 Å². The van der Waals surface area contributed by atoms with Gasteiger partial charge in [0.1, 0.15) is 5.76 Å². The number of rotatable bonds is 9. The Labute approximate surface area is 143 Å². The van der Waals surface area contributed by atoms with E-state index in [0.717, 1.165) is 43.5 Å². The molecular formula is C18H26N4O2. The summed E-state index contributed by atoms with van der Waals surface area (Å²) < 4.78 is 10.3. The number of ether oxygens (including phenoxy) is 1. The maximum atomic E-state index is 5.31. The van der Waals surface area contributed by atoms with Gasteiger partial charge < -0.3 is 25.1 Å². The first kappa shape index (κ1) is 17.9. The van der Waals surface area contributed by atoms with Crippen molar-refractivity contribution in [2.75, 3.05) is 39.2 Å². The smallest absolute Gasteiger partial charge is 0.191 e. The van der Waals surface area contributed by atoms with Gasteiger partial charge >= 0.3 is 0 Å². The topological polar surface area (TPSA) is 70.8 Å². The zero-order chi connectivity index (χ0) is 17.0. The van der Waals surface area contributed by atoms with Gasteiger partial charge in [0.25, 0.3) is 0 Å². The first-order chi connectivity index (χ1) is 11.8. The summed E-state index contributed by atoms with van der Waals surface area (Å²) in [6.07, 6.45) is 2.52. The Morgan fingerprint density at radius 2 is 1.96 bits per heavy atom. The fraction of sp³-hybridized carbons (Fsp3) is 0.389. The van der Waals surface area contributed by atoms with E-state index in [4.69, 9.17) is 9.15 Å². The second kappa shape index (κ2) is 10.3. The van der Waals surface area contributed by atoms with E-state index in [1.54, 1.807) is 20.4 Å². The molecule has 0 saturated carbocycles. The molecule has 24 heavy (non-hydrogen) atoms. The van der Waals surface area contributed by atoms with Gasteiger partial charge in [0.2, 0.25) is 0 Å². The minimum absolute atomic E-state index is 0.698. The fourth-order valence-electron chi connectivity index (χ4n) is 2.20. The van der Waals surface area contributed by atoms with Crippen LogP contribution in [-0.2, 0) is 17.7 Å². The van der Waals surface area contributed by atoms with Gasteiger partial charge in [-0.05, 0) is 29.8 Å². The van der Waals surface area contributed by atoms with Crippen molar-refractivity contribution in [3.8, 4) is 0 Å². The lowest BCUT2D eigenvalue weighted by Crippen LogP contribution is -2.37. The Morgan fingerprint density at radius 1 is 1.12 bits per heavy atom. The molecule has 0 aliphatic rings. The van der Waals surface area contributed by atoms with Crippen LogP contribution in [0, 0.1) is 0 Å². The van der Waals surface area contributed by atoms with E-state index < -0.39 is 0 Å². The lowest BCUT2D eigenvalue weighted by molar-refractivity contribution is 0.211. The van der Waals surface area contributed by atoms with E-state index in [1.807, 2.05) is 12.1 Å². The highest BCUT2D eigenvalue weighted by molar-refractivity contribution is 5.79. The van der Waals surface area contributed by atoms with Crippen molar-refractivity contribution in [3.63, 3.8) is 0 Å². The highest BCUT2D eigenvalue weighted by Gasteiger charge is 2.00. The van der Waals surface area contributed by atoms with Crippen LogP contribution < -0.4 is 16.0 Å². The van der Waals surface area contributed by atoms with E-state index in [9.17, 15) is 0 Å². The average molecular weight is 330 g/mol. The van der Waals surface area contributed by atoms with Crippen molar-refractivity contribution in [2.24, 2.45) is 4.99 Å². The standard InChI is InChI=1S/C18H26N4O2/c1-19-18(21-10-9-17-4-3-12-24-17)22-14-15-5-7-16(8-6-15)20-11-13-23-2/h3-8,12,20H,9-11,13-14H2,1-2H3,(H2,19,21,22). The Morgan fingerprint density at radius 3 is 2.62 bits per heavy atom. The minimum atomic E-state index is 0.698. The van der Waals surface area contributed by atoms with Gasteiger partial charge in [-0.15, -0.1) is 0 Å². The second-order valence-corrected chi connectivity index (χ2v) is 5.30. The molecule has 0 saturated heterocycles. The Balaban J connectivity index is 1.70. The third kappa shape index (κ3) is 6.34. The number of methoxy groups -OCH3 is 1. The third-order valence-electron chi connectivity index (χ3n) is 3.52. The largest absolute Gasteiger partial charge is 0.469 e. The van der Waals surface area contributed by atoms with Crippen LogP contribution >= 0.6 is 0 Å². The summed E-state index contributed by atoms with van der Waals surface area (Å²) in [7, 11) is 3.47. The first-order valence-corrected chi connectivity index (χ1v) is 8.10. The van der Waals surface area contributed by atoms with E-state index in [0.29, 0.717) is 6.61 Å². The SMILES string of the molecule is CN=C(NCCc1ccco1)NCc1ccc(NCCOC)cc1. The van der Waals surface area contributed by atoms with Crippen molar-refractivity contribution in [1.82, 2.24) is 10.6 Å². The number of nitrogens with one attached hydrogen (secondary N) is 3. The molecule has 0 aliphatic heterocycles. The molecule has 0 unspecified atom stereocenters. The Hall–Kier alpha value is -2.47. The quantitative estimate of drug-likeness (QED) is 0.374. The average Bonchev–Trinajstić information content (AvgIpc) is 3.13. The molecule has 3 N–H and O–H groups in total. The van der Waals surface area contributed by atoms with E-state index >= 15 is 0 Å². The number of hydrogen-bond donors (Lipinski definition) is 3. The Kier molecular flexibility index (Phi) is 7.70. The maximum absolute atomic E-state index is 5.31. The number of nitrogens with zero attached hydrogens (tertiary/aromatic N) is 1. The van der Waals surface area contributed by atoms with Crippen LogP contribution in [0.3, 0.4) is 0 Å². The van der Waals surface area contributed by atoms with E-state index in [-0.39, 0.29) is 0 Å². The summed E-state index contributed by atoms with van der Waals surface area (Å²) in [5.74, 6) is 1.75. The molecule has 0 spiro atoms. The molecule has 2 rings (SSSR count). The zero-order valence-electron chi connectivity index (χ0n) is 14.3. The molecule has 130 valence electrons. The van der Waals surface area contributed by atoms with Crippen LogP contribution in [0.25, 0.3) is 0 Å². The molecule has 0 fully saturated rings. The molecule has 0 amide bonds. The first-order valence-electron chi connectivity index (χ1n) is 8.10. The lowest BCUT2D eigenvalue weighted by atomic mass is 10.2. The van der Waals surface area contributed by atoms with Gasteiger partial charge in [-0.1, -0.05) is 12.1 Å². The summed E-state index contributed by atoms with van der Waals surface area (Å²) >= 11 is 0. The molecule has 0 bridgehead atoms. The van der Waals surface area contributed by atoms with Gasteiger partial charge in [-0.25, -0.2) is 0 Å². The van der Waals surface area contributed by atoms with Crippen LogP contribution in [0.5, 0.6) is 0 Å². The summed E-state index contributed by atoms with van der Waals surface area (Å²) in [6.45, 7) is 3.00. The lowest BCUT2D eigenvalue weighted by Gasteiger charge is -2.12. The minimum Gasteiger partial charge on any atom is -0.469 e. The van der Waals surface area contributed by atoms with Crippen molar-refractivity contribution in [3.05, 3.63) is 54.0 Å². The normalized spacial score (nSPS) is 11.3. The summed E-state index contributed by atoms with van der Waals surface area (Å²) in [4.78, 5) is 4.23. The molecule has 0 atom stereocenters. The van der Waals surface area contributed by atoms with Gasteiger partial charge in [0, 0.05) is 45.9 Å². The predicted octanol–water partition coefficient (Wildman–Crippen LogP) is 2.25. The third-order valence-corrected chi connectivity index (χ3v) is 3.52. The van der Waals surface area contributed by atoms with Crippen LogP contribution in [0.15, 0.2) is 52.1 Å². The molecule has 1 aromatic carbocycles. The van der Waals surface area contributed by atoms with E-state index in [1.165, 1.54) is 5.56 Å². The maximum Gasteiger partial charge on any atom is 0.191 e. The van der Waals surface area contributed by atoms with Gasteiger partial charge in [0.15, 0.2) is 5.96 Å². The highest BCUT2D eigenvalue weighted by Crippen LogP contribution is 2.09. The van der Waals surface area contributed by atoms with Gasteiger partial charge in [-0.2, -0.15) is 0 Å². The number of anilines is 1. The Bertz CT molecular complexity index is 594. The monoisotopic (exact) mass is 330 g/mol. The number of aliphatic imine (C=N–C) groups is 1. The molecule has 1 heterocycles. The van der Waals surface area contributed by atoms with Crippen molar-refractivity contribution in [2.45, 2.75) is 13.0 Å². The summed E-state index contributed by atoms with van der Waals surface area (Å²) in [5.41, 5.74) is 2.29. The number of furan rings is 1. The van der Waals surface area contributed by atoms with Crippen LogP contribution in [0.4, 0.5) is 5.69 Å². The fourth-order valence-corrected chi connectivity index (χ4v) is 2.20. The molecule has 2 aromatic rings. The molecule has 1 aromatic heterocycles. The highest BCUT2D eigenvalue weighted by atomic mass is 16.5. The molecule has 0 radical (unpaired) electrons. The number of benzene rings is 1. The number of guanidine groups is 1. The molecule has 6 heteroatoms. The van der Waals surface area contributed by atoms with E-state index in [2.05, 4.69) is 45.2 Å². The molecule has 0 aliphatic carbocycles. The van der Waals surface area contributed by atoms with Gasteiger partial charge in [-0.3, -0.25) is 4.99 Å². The molecule has 6 nitrogen and oxygen atoms in total. The van der Waals surface area contributed by atoms with Crippen molar-refractivity contribution < 1.29 is 9.15 Å². The summed E-state index contributed by atoms with van der Waals surface area (Å²) in [6, 6.07) is 12.2.